The summed E-state index contributed by atoms with van der Waals surface area (Å²) in [7, 11) is 0. The number of likely N-dealkylation sites (tertiary alicyclic amines) is 1. The minimum absolute atomic E-state index is 0.126. The fraction of sp³-hybridized carbons (Fsp3) is 0.600. The summed E-state index contributed by atoms with van der Waals surface area (Å²) in [4.78, 5) is 2.51. The van der Waals surface area contributed by atoms with E-state index in [9.17, 15) is 0 Å². The Labute approximate surface area is 110 Å². The SMILES string of the molecule is Cc1ccc(C(Cl)CN2CCCC(C)C2)cc1. The summed E-state index contributed by atoms with van der Waals surface area (Å²) < 4.78 is 0. The van der Waals surface area contributed by atoms with Crippen molar-refractivity contribution in [3.63, 3.8) is 0 Å². The highest BCUT2D eigenvalue weighted by Crippen LogP contribution is 2.24. The van der Waals surface area contributed by atoms with Crippen molar-refractivity contribution < 1.29 is 0 Å². The molecule has 0 aliphatic carbocycles. The fourth-order valence-electron chi connectivity index (χ4n) is 2.56. The number of hydrogen-bond donors (Lipinski definition) is 0. The van der Waals surface area contributed by atoms with Crippen LogP contribution in [0, 0.1) is 12.8 Å². The van der Waals surface area contributed by atoms with E-state index in [1.165, 1.54) is 37.1 Å². The van der Waals surface area contributed by atoms with Gasteiger partial charge in [-0.15, -0.1) is 11.6 Å². The van der Waals surface area contributed by atoms with Crippen LogP contribution in [0.15, 0.2) is 24.3 Å². The summed E-state index contributed by atoms with van der Waals surface area (Å²) in [6.07, 6.45) is 2.69. The van der Waals surface area contributed by atoms with Gasteiger partial charge in [-0.3, -0.25) is 0 Å². The first-order chi connectivity index (χ1) is 8.15. The third-order valence-electron chi connectivity index (χ3n) is 3.60. The number of benzene rings is 1. The Balaban J connectivity index is 1.91. The molecule has 0 amide bonds. The van der Waals surface area contributed by atoms with Crippen LogP contribution in [0.3, 0.4) is 0 Å². The van der Waals surface area contributed by atoms with Gasteiger partial charge in [0, 0.05) is 13.1 Å². The number of rotatable bonds is 3. The van der Waals surface area contributed by atoms with Crippen molar-refractivity contribution in [3.8, 4) is 0 Å². The van der Waals surface area contributed by atoms with Crippen molar-refractivity contribution in [1.82, 2.24) is 4.90 Å². The summed E-state index contributed by atoms with van der Waals surface area (Å²) in [5, 5.41) is 0.126. The molecule has 1 aromatic carbocycles. The first-order valence-corrected chi connectivity index (χ1v) is 7.02. The van der Waals surface area contributed by atoms with Gasteiger partial charge in [0.25, 0.3) is 0 Å². The average Bonchev–Trinajstić information content (AvgIpc) is 2.29. The number of aryl methyl sites for hydroxylation is 1. The molecule has 0 aromatic heterocycles. The van der Waals surface area contributed by atoms with Gasteiger partial charge in [0.05, 0.1) is 5.38 Å². The lowest BCUT2D eigenvalue weighted by Crippen LogP contribution is -2.36. The molecule has 1 aromatic rings. The Morgan fingerprint density at radius 2 is 2.06 bits per heavy atom. The molecular weight excluding hydrogens is 230 g/mol. The molecule has 0 N–H and O–H groups in total. The molecule has 17 heavy (non-hydrogen) atoms. The molecule has 0 spiro atoms. The summed E-state index contributed by atoms with van der Waals surface area (Å²) in [6.45, 7) is 7.84. The number of halogens is 1. The Morgan fingerprint density at radius 3 is 2.71 bits per heavy atom. The lowest BCUT2D eigenvalue weighted by Gasteiger charge is -2.32. The Hall–Kier alpha value is -0.530. The number of alkyl halides is 1. The van der Waals surface area contributed by atoms with Gasteiger partial charge in [0.2, 0.25) is 0 Å². The van der Waals surface area contributed by atoms with Crippen LogP contribution >= 0.6 is 11.6 Å². The monoisotopic (exact) mass is 251 g/mol. The molecule has 1 nitrogen and oxygen atoms in total. The zero-order valence-corrected chi connectivity index (χ0v) is 11.6. The zero-order chi connectivity index (χ0) is 12.3. The maximum Gasteiger partial charge on any atom is 0.0712 e. The molecule has 1 fully saturated rings. The maximum atomic E-state index is 6.50. The second-order valence-corrected chi connectivity index (χ2v) is 5.91. The first-order valence-electron chi connectivity index (χ1n) is 6.58. The van der Waals surface area contributed by atoms with Gasteiger partial charge in [0.1, 0.15) is 0 Å². The molecule has 2 heteroatoms. The second kappa shape index (κ2) is 5.88. The van der Waals surface area contributed by atoms with Crippen LogP contribution in [0.1, 0.15) is 36.3 Å². The van der Waals surface area contributed by atoms with Crippen molar-refractivity contribution in [3.05, 3.63) is 35.4 Å². The van der Waals surface area contributed by atoms with E-state index >= 15 is 0 Å². The molecule has 1 aliphatic heterocycles. The zero-order valence-electron chi connectivity index (χ0n) is 10.8. The first kappa shape index (κ1) is 12.9. The van der Waals surface area contributed by atoms with Crippen molar-refractivity contribution in [2.45, 2.75) is 32.1 Å². The number of piperidine rings is 1. The van der Waals surface area contributed by atoms with Crippen molar-refractivity contribution >= 4 is 11.6 Å². The predicted molar refractivity (Wildman–Crippen MR) is 74.6 cm³/mol. The number of nitrogens with zero attached hydrogens (tertiary/aromatic N) is 1. The quantitative estimate of drug-likeness (QED) is 0.734. The van der Waals surface area contributed by atoms with Crippen molar-refractivity contribution in [2.24, 2.45) is 5.92 Å². The smallest absolute Gasteiger partial charge is 0.0712 e. The summed E-state index contributed by atoms with van der Waals surface area (Å²) >= 11 is 6.50. The Morgan fingerprint density at radius 1 is 1.35 bits per heavy atom. The molecular formula is C15H22ClN. The van der Waals surface area contributed by atoms with Crippen molar-refractivity contribution in [2.75, 3.05) is 19.6 Å². The molecule has 1 saturated heterocycles. The molecule has 0 radical (unpaired) electrons. The summed E-state index contributed by atoms with van der Waals surface area (Å²) in [5.41, 5.74) is 2.54. The normalized spacial score (nSPS) is 23.6. The predicted octanol–water partition coefficient (Wildman–Crippen LogP) is 4.01. The van der Waals surface area contributed by atoms with E-state index in [0.29, 0.717) is 0 Å². The Bertz CT molecular complexity index is 346. The lowest BCUT2D eigenvalue weighted by atomic mass is 9.99. The van der Waals surface area contributed by atoms with E-state index in [2.05, 4.69) is 43.0 Å². The van der Waals surface area contributed by atoms with Crippen LogP contribution in [-0.2, 0) is 0 Å². The fourth-order valence-corrected chi connectivity index (χ4v) is 2.90. The molecule has 1 aliphatic rings. The van der Waals surface area contributed by atoms with Gasteiger partial charge in [-0.25, -0.2) is 0 Å². The van der Waals surface area contributed by atoms with Crippen LogP contribution in [-0.4, -0.2) is 24.5 Å². The molecule has 0 saturated carbocycles. The van der Waals surface area contributed by atoms with E-state index < -0.39 is 0 Å². The van der Waals surface area contributed by atoms with Crippen molar-refractivity contribution in [1.29, 1.82) is 0 Å². The highest BCUT2D eigenvalue weighted by Gasteiger charge is 2.19. The largest absolute Gasteiger partial charge is 0.301 e. The summed E-state index contributed by atoms with van der Waals surface area (Å²) in [5.74, 6) is 0.825. The van der Waals surface area contributed by atoms with Crippen LogP contribution in [0.2, 0.25) is 0 Å². The van der Waals surface area contributed by atoms with Crippen LogP contribution in [0.4, 0.5) is 0 Å². The molecule has 0 bridgehead atoms. The molecule has 2 unspecified atom stereocenters. The van der Waals surface area contributed by atoms with E-state index in [4.69, 9.17) is 11.6 Å². The highest BCUT2D eigenvalue weighted by atomic mass is 35.5. The van der Waals surface area contributed by atoms with E-state index in [0.717, 1.165) is 12.5 Å². The van der Waals surface area contributed by atoms with E-state index in [1.54, 1.807) is 0 Å². The minimum atomic E-state index is 0.126. The van der Waals surface area contributed by atoms with Gasteiger partial charge >= 0.3 is 0 Å². The lowest BCUT2D eigenvalue weighted by molar-refractivity contribution is 0.184. The van der Waals surface area contributed by atoms with E-state index in [-0.39, 0.29) is 5.38 Å². The topological polar surface area (TPSA) is 3.24 Å². The highest BCUT2D eigenvalue weighted by molar-refractivity contribution is 6.21. The molecule has 2 rings (SSSR count). The molecule has 2 atom stereocenters. The third kappa shape index (κ3) is 3.72. The number of hydrogen-bond acceptors (Lipinski definition) is 1. The maximum absolute atomic E-state index is 6.50. The third-order valence-corrected chi connectivity index (χ3v) is 3.99. The average molecular weight is 252 g/mol. The molecule has 94 valence electrons. The van der Waals surface area contributed by atoms with Gasteiger partial charge in [-0.2, -0.15) is 0 Å². The van der Waals surface area contributed by atoms with Crippen LogP contribution in [0.5, 0.6) is 0 Å². The Kier molecular flexibility index (Phi) is 4.47. The second-order valence-electron chi connectivity index (χ2n) is 5.39. The standard InChI is InChI=1S/C15H22ClN/c1-12-5-7-14(8-6-12)15(16)11-17-9-3-4-13(2)10-17/h5-8,13,15H,3-4,9-11H2,1-2H3. The van der Waals surface area contributed by atoms with Gasteiger partial charge in [-0.1, -0.05) is 36.8 Å². The van der Waals surface area contributed by atoms with Crippen LogP contribution < -0.4 is 0 Å². The van der Waals surface area contributed by atoms with E-state index in [1.807, 2.05) is 0 Å². The molecule has 1 heterocycles. The van der Waals surface area contributed by atoms with Gasteiger partial charge < -0.3 is 4.90 Å². The minimum Gasteiger partial charge on any atom is -0.301 e. The summed E-state index contributed by atoms with van der Waals surface area (Å²) in [6, 6.07) is 8.59. The van der Waals surface area contributed by atoms with Crippen LogP contribution in [0.25, 0.3) is 0 Å². The van der Waals surface area contributed by atoms with Gasteiger partial charge in [-0.05, 0) is 37.8 Å². The van der Waals surface area contributed by atoms with Gasteiger partial charge in [0.15, 0.2) is 0 Å².